The highest BCUT2D eigenvalue weighted by Crippen LogP contribution is 2.23. The number of hydrogen-bond donors (Lipinski definition) is 1. The molecule has 0 spiro atoms. The topological polar surface area (TPSA) is 94.7 Å². The number of para-hydroxylation sites is 1. The number of Topliss-reactive ketones (excluding diaryl/α,β-unsaturated/α-hetero) is 1. The average Bonchev–Trinajstić information content (AvgIpc) is 2.96. The number of carbonyl (C=O) groups excluding carboxylic acids is 3. The fraction of sp³-hybridized carbons (Fsp3) is 0.381. The summed E-state index contributed by atoms with van der Waals surface area (Å²) >= 11 is 0. The third-order valence-corrected chi connectivity index (χ3v) is 4.22. The molecular weight excluding hydrogens is 362 g/mol. The van der Waals surface area contributed by atoms with Crippen LogP contribution in [0.2, 0.25) is 0 Å². The Morgan fingerprint density at radius 3 is 2.36 bits per heavy atom. The number of aryl methyl sites for hydroxylation is 1. The Morgan fingerprint density at radius 2 is 1.71 bits per heavy atom. The third kappa shape index (κ3) is 4.42. The number of aromatic amines is 1. The summed E-state index contributed by atoms with van der Waals surface area (Å²) in [5, 5.41) is 0. The molecule has 1 aromatic heterocycles. The van der Waals surface area contributed by atoms with E-state index in [4.69, 9.17) is 14.2 Å². The summed E-state index contributed by atoms with van der Waals surface area (Å²) in [6.45, 7) is 8.99. The van der Waals surface area contributed by atoms with Crippen molar-refractivity contribution in [2.24, 2.45) is 0 Å². The average molecular weight is 387 g/mol. The molecule has 0 aliphatic rings. The lowest BCUT2D eigenvalue weighted by atomic mass is 10.1. The van der Waals surface area contributed by atoms with Gasteiger partial charge in [-0.1, -0.05) is 12.1 Å². The molecule has 0 radical (unpaired) electrons. The van der Waals surface area contributed by atoms with Gasteiger partial charge in [-0.05, 0) is 52.3 Å². The van der Waals surface area contributed by atoms with Gasteiger partial charge in [0.1, 0.15) is 11.3 Å². The van der Waals surface area contributed by atoms with Gasteiger partial charge in [0, 0.05) is 5.69 Å². The summed E-state index contributed by atoms with van der Waals surface area (Å²) in [5.41, 5.74) is 1.79. The molecule has 7 nitrogen and oxygen atoms in total. The van der Waals surface area contributed by atoms with Gasteiger partial charge in [-0.3, -0.25) is 4.79 Å². The maximum absolute atomic E-state index is 12.8. The van der Waals surface area contributed by atoms with E-state index in [2.05, 4.69) is 4.98 Å². The molecular formula is C21H25NO6. The van der Waals surface area contributed by atoms with Crippen LogP contribution in [-0.4, -0.2) is 42.0 Å². The Bertz CT molecular complexity index is 883. The lowest BCUT2D eigenvalue weighted by molar-refractivity contribution is 0.0313. The predicted octanol–water partition coefficient (Wildman–Crippen LogP) is 3.64. The highest BCUT2D eigenvalue weighted by atomic mass is 16.5. The van der Waals surface area contributed by atoms with Crippen molar-refractivity contribution in [1.29, 1.82) is 0 Å². The van der Waals surface area contributed by atoms with Gasteiger partial charge in [-0.25, -0.2) is 9.59 Å². The summed E-state index contributed by atoms with van der Waals surface area (Å²) < 4.78 is 15.8. The number of rotatable bonds is 8. The lowest BCUT2D eigenvalue weighted by Crippen LogP contribution is -2.25. The first kappa shape index (κ1) is 21.2. The largest absolute Gasteiger partial charge is 0.493 e. The van der Waals surface area contributed by atoms with E-state index in [-0.39, 0.29) is 17.9 Å². The molecule has 2 aromatic rings. The molecule has 0 aliphatic heterocycles. The van der Waals surface area contributed by atoms with Gasteiger partial charge in [0.05, 0.1) is 24.5 Å². The molecule has 0 unspecified atom stereocenters. The summed E-state index contributed by atoms with van der Waals surface area (Å²) in [7, 11) is 0. The van der Waals surface area contributed by atoms with Crippen LogP contribution in [0.1, 0.15) is 63.2 Å². The monoisotopic (exact) mass is 387 g/mol. The Labute approximate surface area is 164 Å². The minimum atomic E-state index is -1.05. The highest BCUT2D eigenvalue weighted by molar-refractivity contribution is 6.04. The van der Waals surface area contributed by atoms with Gasteiger partial charge in [0.15, 0.2) is 6.10 Å². The second-order valence-electron chi connectivity index (χ2n) is 6.19. The molecule has 0 saturated carbocycles. The standard InChI is InChI=1S/C21H25NO6/c1-6-26-16-11-9-8-10-15(16)20(24)28-14(5)19(23)18-12(3)17(13(4)22-18)21(25)27-7-2/h8-11,14,22H,6-7H2,1-5H3/t14-/m0/s1. The first-order valence-electron chi connectivity index (χ1n) is 9.15. The van der Waals surface area contributed by atoms with Gasteiger partial charge in [-0.15, -0.1) is 0 Å². The SMILES string of the molecule is CCOC(=O)c1c(C)[nH]c(C(=O)[C@H](C)OC(=O)c2ccccc2OCC)c1C. The van der Waals surface area contributed by atoms with Crippen molar-refractivity contribution in [3.63, 3.8) is 0 Å². The molecule has 0 fully saturated rings. The molecule has 1 atom stereocenters. The molecule has 0 saturated heterocycles. The minimum Gasteiger partial charge on any atom is -0.493 e. The van der Waals surface area contributed by atoms with Crippen LogP contribution in [0.5, 0.6) is 5.75 Å². The fourth-order valence-corrected chi connectivity index (χ4v) is 2.90. The van der Waals surface area contributed by atoms with Crippen molar-refractivity contribution in [2.75, 3.05) is 13.2 Å². The molecule has 28 heavy (non-hydrogen) atoms. The van der Waals surface area contributed by atoms with Crippen LogP contribution in [0.15, 0.2) is 24.3 Å². The molecule has 1 aromatic carbocycles. The van der Waals surface area contributed by atoms with E-state index in [1.807, 2.05) is 6.92 Å². The van der Waals surface area contributed by atoms with Crippen LogP contribution in [0, 0.1) is 13.8 Å². The molecule has 1 N–H and O–H groups in total. The van der Waals surface area contributed by atoms with Crippen molar-refractivity contribution in [3.05, 3.63) is 52.3 Å². The summed E-state index contributed by atoms with van der Waals surface area (Å²) in [6, 6.07) is 6.68. The van der Waals surface area contributed by atoms with E-state index in [1.165, 1.54) is 6.92 Å². The zero-order valence-electron chi connectivity index (χ0n) is 16.8. The van der Waals surface area contributed by atoms with E-state index < -0.39 is 23.8 Å². The van der Waals surface area contributed by atoms with Crippen LogP contribution in [0.3, 0.4) is 0 Å². The Kier molecular flexibility index (Phi) is 6.98. The molecule has 0 bridgehead atoms. The predicted molar refractivity (Wildman–Crippen MR) is 103 cm³/mol. The molecule has 0 amide bonds. The van der Waals surface area contributed by atoms with Gasteiger partial charge in [-0.2, -0.15) is 0 Å². The van der Waals surface area contributed by atoms with Crippen molar-refractivity contribution < 1.29 is 28.6 Å². The number of carbonyl (C=O) groups is 3. The fourth-order valence-electron chi connectivity index (χ4n) is 2.90. The first-order chi connectivity index (χ1) is 13.3. The number of benzene rings is 1. The van der Waals surface area contributed by atoms with Crippen molar-refractivity contribution >= 4 is 17.7 Å². The Morgan fingerprint density at radius 1 is 1.04 bits per heavy atom. The number of H-pyrrole nitrogens is 1. The smallest absolute Gasteiger partial charge is 0.342 e. The van der Waals surface area contributed by atoms with Crippen LogP contribution in [0.25, 0.3) is 0 Å². The number of hydrogen-bond acceptors (Lipinski definition) is 6. The van der Waals surface area contributed by atoms with Gasteiger partial charge in [0.2, 0.25) is 5.78 Å². The zero-order valence-corrected chi connectivity index (χ0v) is 16.8. The number of ketones is 1. The van der Waals surface area contributed by atoms with E-state index in [0.717, 1.165) is 0 Å². The quantitative estimate of drug-likeness (QED) is 0.549. The normalized spacial score (nSPS) is 11.6. The van der Waals surface area contributed by atoms with Gasteiger partial charge in [0.25, 0.3) is 0 Å². The van der Waals surface area contributed by atoms with Crippen LogP contribution in [-0.2, 0) is 9.47 Å². The second kappa shape index (κ2) is 9.21. The van der Waals surface area contributed by atoms with Crippen molar-refractivity contribution in [3.8, 4) is 5.75 Å². The molecule has 0 aliphatic carbocycles. The zero-order chi connectivity index (χ0) is 20.8. The Balaban J connectivity index is 2.21. The van der Waals surface area contributed by atoms with Crippen LogP contribution in [0.4, 0.5) is 0 Å². The number of nitrogens with one attached hydrogen (secondary N) is 1. The molecule has 1 heterocycles. The van der Waals surface area contributed by atoms with Gasteiger partial charge < -0.3 is 19.2 Å². The minimum absolute atomic E-state index is 0.221. The lowest BCUT2D eigenvalue weighted by Gasteiger charge is -2.14. The molecule has 150 valence electrons. The summed E-state index contributed by atoms with van der Waals surface area (Å²) in [6.07, 6.45) is -1.05. The maximum atomic E-state index is 12.8. The van der Waals surface area contributed by atoms with E-state index in [9.17, 15) is 14.4 Å². The summed E-state index contributed by atoms with van der Waals surface area (Å²) in [4.78, 5) is 40.3. The van der Waals surface area contributed by atoms with Crippen LogP contribution < -0.4 is 4.74 Å². The molecule has 2 rings (SSSR count). The first-order valence-corrected chi connectivity index (χ1v) is 9.15. The second-order valence-corrected chi connectivity index (χ2v) is 6.19. The number of ether oxygens (including phenoxy) is 3. The molecule has 7 heteroatoms. The van der Waals surface area contributed by atoms with E-state index in [0.29, 0.717) is 29.2 Å². The number of aromatic nitrogens is 1. The Hall–Kier alpha value is -3.09. The number of esters is 2. The van der Waals surface area contributed by atoms with E-state index in [1.54, 1.807) is 45.0 Å². The third-order valence-electron chi connectivity index (χ3n) is 4.22. The van der Waals surface area contributed by atoms with E-state index >= 15 is 0 Å². The van der Waals surface area contributed by atoms with Gasteiger partial charge >= 0.3 is 11.9 Å². The maximum Gasteiger partial charge on any atom is 0.342 e. The van der Waals surface area contributed by atoms with Crippen molar-refractivity contribution in [1.82, 2.24) is 4.98 Å². The van der Waals surface area contributed by atoms with Crippen molar-refractivity contribution in [2.45, 2.75) is 40.7 Å². The summed E-state index contributed by atoms with van der Waals surface area (Å²) in [5.74, 6) is -1.19. The highest BCUT2D eigenvalue weighted by Gasteiger charge is 2.28. The van der Waals surface area contributed by atoms with Crippen LogP contribution >= 0.6 is 0 Å².